The number of likely N-dealkylation sites (N-methyl/N-ethyl adjacent to an activating group) is 1. The molecule has 0 fully saturated rings. The Hall–Kier alpha value is -1.37. The molecule has 0 atom stereocenters. The average Bonchev–Trinajstić information content (AvgIpc) is 2.84. The van der Waals surface area contributed by atoms with Gasteiger partial charge in [0.15, 0.2) is 0 Å². The Morgan fingerprint density at radius 3 is 2.80 bits per heavy atom. The third kappa shape index (κ3) is 3.59. The van der Waals surface area contributed by atoms with Crippen molar-refractivity contribution in [3.63, 3.8) is 0 Å². The molecule has 110 valence electrons. The number of aromatic nitrogens is 1. The SMILES string of the molecule is [2H]c1[nH]c2c([2H])c([2H])c(CS(=O)(=O)NC)c([2H])c2c1CCN(C)C. The topological polar surface area (TPSA) is 65.2 Å². The average molecular weight is 299 g/mol. The molecule has 6 heteroatoms. The number of benzene rings is 1. The van der Waals surface area contributed by atoms with Crippen LogP contribution < -0.4 is 4.72 Å². The standard InChI is InChI=1S/C14H21N3O2S/c1-15-20(18,19)10-11-4-5-14-13(8-11)12(9-16-14)6-7-17(2)3/h4-5,8-9,15-16H,6-7,10H2,1-3H3/i4D,5D,8D,9D. The summed E-state index contributed by atoms with van der Waals surface area (Å²) >= 11 is 0. The quantitative estimate of drug-likeness (QED) is 0.845. The van der Waals surface area contributed by atoms with Gasteiger partial charge in [-0.25, -0.2) is 13.1 Å². The van der Waals surface area contributed by atoms with Gasteiger partial charge in [-0.3, -0.25) is 0 Å². The van der Waals surface area contributed by atoms with Gasteiger partial charge < -0.3 is 9.88 Å². The summed E-state index contributed by atoms with van der Waals surface area (Å²) in [7, 11) is 1.38. The van der Waals surface area contributed by atoms with Gasteiger partial charge in [-0.15, -0.1) is 0 Å². The number of nitrogens with one attached hydrogen (secondary N) is 2. The zero-order valence-electron chi connectivity index (χ0n) is 15.8. The molecular weight excluding hydrogens is 274 g/mol. The molecular formula is C14H21N3O2S. The molecule has 1 aromatic heterocycles. The van der Waals surface area contributed by atoms with Crippen LogP contribution >= 0.6 is 0 Å². The van der Waals surface area contributed by atoms with E-state index in [1.807, 2.05) is 19.0 Å². The number of fused-ring (bicyclic) bond motifs is 1. The summed E-state index contributed by atoms with van der Waals surface area (Å²) in [5.41, 5.74) is 0.793. The number of hydrogen-bond donors (Lipinski definition) is 2. The van der Waals surface area contributed by atoms with Crippen molar-refractivity contribution in [2.24, 2.45) is 0 Å². The highest BCUT2D eigenvalue weighted by molar-refractivity contribution is 7.88. The molecule has 1 heterocycles. The lowest BCUT2D eigenvalue weighted by atomic mass is 10.1. The normalized spacial score (nSPS) is 15.2. The van der Waals surface area contributed by atoms with E-state index in [2.05, 4.69) is 9.71 Å². The molecule has 0 bridgehead atoms. The molecule has 5 nitrogen and oxygen atoms in total. The van der Waals surface area contributed by atoms with E-state index in [0.29, 0.717) is 23.9 Å². The zero-order chi connectivity index (χ0) is 18.2. The van der Waals surface area contributed by atoms with E-state index < -0.39 is 15.8 Å². The summed E-state index contributed by atoms with van der Waals surface area (Å²) in [6.45, 7) is 0.651. The Bertz CT molecular complexity index is 878. The molecule has 2 aromatic rings. The second-order valence-electron chi connectivity index (χ2n) is 4.85. The molecule has 20 heavy (non-hydrogen) atoms. The minimum Gasteiger partial charge on any atom is -0.361 e. The molecule has 0 spiro atoms. The number of rotatable bonds is 6. The number of sulfonamides is 1. The second-order valence-corrected chi connectivity index (χ2v) is 6.78. The fourth-order valence-corrected chi connectivity index (χ4v) is 2.49. The maximum absolute atomic E-state index is 11.8. The van der Waals surface area contributed by atoms with Crippen LogP contribution in [0.4, 0.5) is 0 Å². The van der Waals surface area contributed by atoms with Crippen LogP contribution in [0.1, 0.15) is 16.6 Å². The summed E-state index contributed by atoms with van der Waals surface area (Å²) < 4.78 is 58.4. The van der Waals surface area contributed by atoms with E-state index in [-0.39, 0.29) is 35.4 Å². The van der Waals surface area contributed by atoms with Crippen molar-refractivity contribution < 1.29 is 13.9 Å². The van der Waals surface area contributed by atoms with Gasteiger partial charge >= 0.3 is 0 Å². The second kappa shape index (κ2) is 5.95. The van der Waals surface area contributed by atoms with Gasteiger partial charge in [-0.1, -0.05) is 6.04 Å². The van der Waals surface area contributed by atoms with Crippen LogP contribution in [0.15, 0.2) is 24.3 Å². The smallest absolute Gasteiger partial charge is 0.215 e. The molecule has 0 aliphatic rings. The van der Waals surface area contributed by atoms with Crippen LogP contribution in [0.25, 0.3) is 10.9 Å². The maximum atomic E-state index is 11.8. The number of hydrogen-bond acceptors (Lipinski definition) is 3. The lowest BCUT2D eigenvalue weighted by Gasteiger charge is -2.08. The van der Waals surface area contributed by atoms with Crippen LogP contribution in [0.2, 0.25) is 0 Å². The monoisotopic (exact) mass is 299 g/mol. The van der Waals surface area contributed by atoms with Gasteiger partial charge in [0, 0.05) is 23.6 Å². The molecule has 0 amide bonds. The summed E-state index contributed by atoms with van der Waals surface area (Å²) in [4.78, 5) is 4.70. The van der Waals surface area contributed by atoms with Crippen LogP contribution in [0.5, 0.6) is 0 Å². The van der Waals surface area contributed by atoms with Gasteiger partial charge in [0.2, 0.25) is 10.0 Å². The summed E-state index contributed by atoms with van der Waals surface area (Å²) in [6, 6.07) is -0.591. The predicted molar refractivity (Wildman–Crippen MR) is 82.2 cm³/mol. The largest absolute Gasteiger partial charge is 0.361 e. The van der Waals surface area contributed by atoms with Crippen molar-refractivity contribution in [1.29, 1.82) is 0 Å². The Balaban J connectivity index is 2.71. The molecule has 2 rings (SSSR count). The van der Waals surface area contributed by atoms with Gasteiger partial charge in [-0.2, -0.15) is 0 Å². The zero-order valence-corrected chi connectivity index (χ0v) is 12.6. The van der Waals surface area contributed by atoms with Crippen molar-refractivity contribution >= 4 is 20.9 Å². The Morgan fingerprint density at radius 1 is 1.40 bits per heavy atom. The maximum Gasteiger partial charge on any atom is 0.215 e. The fourth-order valence-electron chi connectivity index (χ4n) is 1.82. The minimum atomic E-state index is -3.67. The summed E-state index contributed by atoms with van der Waals surface area (Å²) in [5, 5.41) is 0.365. The van der Waals surface area contributed by atoms with Crippen LogP contribution in [0.3, 0.4) is 0 Å². The van der Waals surface area contributed by atoms with E-state index >= 15 is 0 Å². The fraction of sp³-hybridized carbons (Fsp3) is 0.429. The number of nitrogens with zero attached hydrogens (tertiary/aromatic N) is 1. The first-order valence-corrected chi connectivity index (χ1v) is 7.90. The lowest BCUT2D eigenvalue weighted by molar-refractivity contribution is 0.414. The van der Waals surface area contributed by atoms with Gasteiger partial charge in [0.1, 0.15) is 0 Å². The molecule has 1 aromatic carbocycles. The van der Waals surface area contributed by atoms with Crippen LogP contribution in [-0.2, 0) is 22.2 Å². The lowest BCUT2D eigenvalue weighted by Crippen LogP contribution is -2.20. The van der Waals surface area contributed by atoms with Gasteiger partial charge in [0.05, 0.1) is 11.2 Å². The molecule has 0 radical (unpaired) electrons. The molecule has 0 saturated heterocycles. The van der Waals surface area contributed by atoms with Crippen LogP contribution in [0, 0.1) is 0 Å². The minimum absolute atomic E-state index is 0.0213. The first-order chi connectivity index (χ1) is 11.1. The third-order valence-corrected chi connectivity index (χ3v) is 4.25. The molecule has 0 saturated carbocycles. The van der Waals surface area contributed by atoms with Crippen molar-refractivity contribution in [3.8, 4) is 0 Å². The molecule has 0 aliphatic heterocycles. The first kappa shape index (κ1) is 10.4. The van der Waals surface area contributed by atoms with E-state index in [1.54, 1.807) is 0 Å². The van der Waals surface area contributed by atoms with E-state index in [9.17, 15) is 8.42 Å². The molecule has 0 aliphatic carbocycles. The molecule has 2 N–H and O–H groups in total. The highest BCUT2D eigenvalue weighted by Gasteiger charge is 2.11. The highest BCUT2D eigenvalue weighted by atomic mass is 32.2. The van der Waals surface area contributed by atoms with Gasteiger partial charge in [-0.05, 0) is 50.8 Å². The summed E-state index contributed by atoms with van der Waals surface area (Å²) in [5.74, 6) is -0.533. The van der Waals surface area contributed by atoms with Crippen molar-refractivity contribution in [1.82, 2.24) is 14.6 Å². The van der Waals surface area contributed by atoms with E-state index in [4.69, 9.17) is 5.48 Å². The van der Waals surface area contributed by atoms with Gasteiger partial charge in [0.25, 0.3) is 0 Å². The Labute approximate surface area is 125 Å². The van der Waals surface area contributed by atoms with E-state index in [0.717, 1.165) is 0 Å². The van der Waals surface area contributed by atoms with Crippen LogP contribution in [-0.4, -0.2) is 46.0 Å². The first-order valence-electron chi connectivity index (χ1n) is 8.24. The number of aromatic amines is 1. The highest BCUT2D eigenvalue weighted by Crippen LogP contribution is 2.21. The third-order valence-electron chi connectivity index (χ3n) is 2.96. The van der Waals surface area contributed by atoms with E-state index in [1.165, 1.54) is 7.05 Å². The van der Waals surface area contributed by atoms with Crippen molar-refractivity contribution in [3.05, 3.63) is 35.4 Å². The Morgan fingerprint density at radius 2 is 2.15 bits per heavy atom. The predicted octanol–water partition coefficient (Wildman–Crippen LogP) is 1.32. The summed E-state index contributed by atoms with van der Waals surface area (Å²) in [6.07, 6.45) is 0.592. The van der Waals surface area contributed by atoms with Crippen molar-refractivity contribution in [2.45, 2.75) is 12.2 Å². The number of H-pyrrole nitrogens is 1. The Kier molecular flexibility index (Phi) is 3.08. The molecule has 0 unspecified atom stereocenters. The van der Waals surface area contributed by atoms with Crippen molar-refractivity contribution in [2.75, 3.05) is 27.7 Å².